The summed E-state index contributed by atoms with van der Waals surface area (Å²) in [4.78, 5) is 28.0. The average Bonchev–Trinajstić information content (AvgIpc) is 2.79. The largest absolute Gasteiger partial charge is 0.453 e. The van der Waals surface area contributed by atoms with E-state index < -0.39 is 6.09 Å². The van der Waals surface area contributed by atoms with E-state index in [1.165, 1.54) is 7.11 Å². The van der Waals surface area contributed by atoms with Crippen LogP contribution in [0, 0.1) is 6.92 Å². The minimum atomic E-state index is -0.621. The van der Waals surface area contributed by atoms with Crippen molar-refractivity contribution in [2.75, 3.05) is 12.4 Å². The summed E-state index contributed by atoms with van der Waals surface area (Å²) in [7, 11) is 1.26. The zero-order valence-electron chi connectivity index (χ0n) is 10.8. The van der Waals surface area contributed by atoms with Crippen molar-refractivity contribution in [2.24, 2.45) is 0 Å². The number of nitrogens with one attached hydrogen (secondary N) is 1. The number of aryl methyl sites for hydroxylation is 1. The van der Waals surface area contributed by atoms with Crippen molar-refractivity contribution >= 4 is 39.9 Å². The quantitative estimate of drug-likeness (QED) is 0.881. The lowest BCUT2D eigenvalue weighted by Gasteiger charge is -1.99. The molecule has 0 saturated carbocycles. The summed E-state index contributed by atoms with van der Waals surface area (Å²) in [6.07, 6.45) is -0.621. The van der Waals surface area contributed by atoms with Crippen LogP contribution in [0.1, 0.15) is 20.9 Å². The molecule has 20 heavy (non-hydrogen) atoms. The molecule has 0 spiro atoms. The number of rotatable bonds is 3. The van der Waals surface area contributed by atoms with Crippen LogP contribution in [0.3, 0.4) is 0 Å². The Balaban J connectivity index is 2.26. The monoisotopic (exact) mass is 310 g/mol. The van der Waals surface area contributed by atoms with E-state index >= 15 is 0 Å². The van der Waals surface area contributed by atoms with Gasteiger partial charge in [-0.1, -0.05) is 22.9 Å². The van der Waals surface area contributed by atoms with Crippen molar-refractivity contribution in [1.29, 1.82) is 0 Å². The Bertz CT molecular complexity index is 652. The molecule has 0 unspecified atom stereocenters. The van der Waals surface area contributed by atoms with Crippen LogP contribution in [0.4, 0.5) is 9.93 Å². The highest BCUT2D eigenvalue weighted by atomic mass is 35.5. The van der Waals surface area contributed by atoms with Crippen molar-refractivity contribution in [3.8, 4) is 0 Å². The standard InChI is InChI=1S/C13H11ClN2O3S/c1-7-11(20-12(15-7)16-13(18)19-2)10(17)8-3-5-9(14)6-4-8/h3-6H,1-2H3,(H,15,16,18). The van der Waals surface area contributed by atoms with Crippen LogP contribution in [0.25, 0.3) is 0 Å². The Labute approximate surface area is 124 Å². The topological polar surface area (TPSA) is 68.3 Å². The average molecular weight is 311 g/mol. The predicted octanol–water partition coefficient (Wildman–Crippen LogP) is 3.51. The van der Waals surface area contributed by atoms with Crippen molar-refractivity contribution in [3.63, 3.8) is 0 Å². The molecular weight excluding hydrogens is 300 g/mol. The summed E-state index contributed by atoms with van der Waals surface area (Å²) in [5.41, 5.74) is 1.08. The van der Waals surface area contributed by atoms with E-state index in [-0.39, 0.29) is 5.78 Å². The summed E-state index contributed by atoms with van der Waals surface area (Å²) in [5, 5.41) is 3.33. The number of amides is 1. The number of nitrogens with zero attached hydrogens (tertiary/aromatic N) is 1. The highest BCUT2D eigenvalue weighted by molar-refractivity contribution is 7.18. The van der Waals surface area contributed by atoms with Crippen molar-refractivity contribution in [3.05, 3.63) is 45.4 Å². The Kier molecular flexibility index (Phi) is 4.36. The van der Waals surface area contributed by atoms with Crippen LogP contribution in [0.15, 0.2) is 24.3 Å². The van der Waals surface area contributed by atoms with Crippen LogP contribution in [-0.4, -0.2) is 24.0 Å². The lowest BCUT2D eigenvalue weighted by Crippen LogP contribution is -2.10. The summed E-state index contributed by atoms with van der Waals surface area (Å²) >= 11 is 6.89. The zero-order chi connectivity index (χ0) is 14.7. The Morgan fingerprint density at radius 1 is 1.30 bits per heavy atom. The van der Waals surface area contributed by atoms with Crippen LogP contribution >= 0.6 is 22.9 Å². The number of halogens is 1. The summed E-state index contributed by atoms with van der Waals surface area (Å²) in [6.45, 7) is 1.71. The normalized spacial score (nSPS) is 10.2. The molecule has 2 rings (SSSR count). The molecule has 2 aromatic rings. The Morgan fingerprint density at radius 2 is 1.95 bits per heavy atom. The number of hydrogen-bond donors (Lipinski definition) is 1. The first-order chi connectivity index (χ1) is 9.51. The first-order valence-corrected chi connectivity index (χ1v) is 6.83. The molecule has 0 saturated heterocycles. The van der Waals surface area contributed by atoms with E-state index in [2.05, 4.69) is 15.0 Å². The third-order valence-electron chi connectivity index (χ3n) is 2.50. The van der Waals surface area contributed by atoms with Crippen molar-refractivity contribution in [1.82, 2.24) is 4.98 Å². The molecule has 1 heterocycles. The molecule has 0 bridgehead atoms. The molecule has 1 amide bonds. The van der Waals surface area contributed by atoms with Crippen LogP contribution in [0.2, 0.25) is 5.02 Å². The molecule has 0 aliphatic carbocycles. The second kappa shape index (κ2) is 6.02. The number of anilines is 1. The van der Waals surface area contributed by atoms with Gasteiger partial charge in [0.15, 0.2) is 5.13 Å². The molecule has 0 atom stereocenters. The number of carbonyl (C=O) groups excluding carboxylic acids is 2. The van der Waals surface area contributed by atoms with Gasteiger partial charge in [0, 0.05) is 10.6 Å². The maximum Gasteiger partial charge on any atom is 0.413 e. The van der Waals surface area contributed by atoms with Crippen LogP contribution < -0.4 is 5.32 Å². The van der Waals surface area contributed by atoms with Gasteiger partial charge in [-0.05, 0) is 31.2 Å². The first-order valence-electron chi connectivity index (χ1n) is 5.64. The van der Waals surface area contributed by atoms with Crippen LogP contribution in [-0.2, 0) is 4.74 Å². The number of carbonyl (C=O) groups is 2. The van der Waals surface area contributed by atoms with E-state index in [1.54, 1.807) is 31.2 Å². The minimum absolute atomic E-state index is 0.158. The van der Waals surface area contributed by atoms with Crippen LogP contribution in [0.5, 0.6) is 0 Å². The van der Waals surface area contributed by atoms with Gasteiger partial charge in [-0.2, -0.15) is 0 Å². The fraction of sp³-hybridized carbons (Fsp3) is 0.154. The smallest absolute Gasteiger partial charge is 0.413 e. The highest BCUT2D eigenvalue weighted by Gasteiger charge is 2.18. The number of ether oxygens (including phenoxy) is 1. The van der Waals surface area contributed by atoms with Gasteiger partial charge in [0.2, 0.25) is 5.78 Å². The molecule has 0 aliphatic heterocycles. The molecular formula is C13H11ClN2O3S. The second-order valence-corrected chi connectivity index (χ2v) is 5.32. The van der Waals surface area contributed by atoms with E-state index in [0.717, 1.165) is 11.3 Å². The molecule has 104 valence electrons. The summed E-state index contributed by atoms with van der Waals surface area (Å²) < 4.78 is 4.48. The van der Waals surface area contributed by atoms with E-state index in [4.69, 9.17) is 11.6 Å². The van der Waals surface area contributed by atoms with Gasteiger partial charge in [-0.15, -0.1) is 0 Å². The molecule has 0 fully saturated rings. The summed E-state index contributed by atoms with van der Waals surface area (Å²) in [5.74, 6) is -0.158. The van der Waals surface area contributed by atoms with E-state index in [0.29, 0.717) is 26.3 Å². The number of methoxy groups -OCH3 is 1. The Hall–Kier alpha value is -1.92. The number of hydrogen-bond acceptors (Lipinski definition) is 5. The minimum Gasteiger partial charge on any atom is -0.453 e. The maximum atomic E-state index is 12.3. The SMILES string of the molecule is COC(=O)Nc1nc(C)c(C(=O)c2ccc(Cl)cc2)s1. The molecule has 0 aliphatic rings. The third-order valence-corrected chi connectivity index (χ3v) is 3.83. The number of ketones is 1. The highest BCUT2D eigenvalue weighted by Crippen LogP contribution is 2.25. The van der Waals surface area contributed by atoms with Crippen molar-refractivity contribution < 1.29 is 14.3 Å². The first kappa shape index (κ1) is 14.5. The fourth-order valence-electron chi connectivity index (χ4n) is 1.53. The number of aromatic nitrogens is 1. The molecule has 1 N–H and O–H groups in total. The molecule has 1 aromatic carbocycles. The zero-order valence-corrected chi connectivity index (χ0v) is 12.3. The van der Waals surface area contributed by atoms with Gasteiger partial charge in [0.1, 0.15) is 0 Å². The fourth-order valence-corrected chi connectivity index (χ4v) is 2.57. The van der Waals surface area contributed by atoms with E-state index in [9.17, 15) is 9.59 Å². The van der Waals surface area contributed by atoms with Gasteiger partial charge < -0.3 is 4.74 Å². The third kappa shape index (κ3) is 3.15. The van der Waals surface area contributed by atoms with Gasteiger partial charge in [-0.25, -0.2) is 9.78 Å². The molecule has 1 aromatic heterocycles. The van der Waals surface area contributed by atoms with Crippen molar-refractivity contribution in [2.45, 2.75) is 6.92 Å². The van der Waals surface area contributed by atoms with Gasteiger partial charge in [-0.3, -0.25) is 10.1 Å². The maximum absolute atomic E-state index is 12.3. The number of thiazole rings is 1. The Morgan fingerprint density at radius 3 is 2.55 bits per heavy atom. The predicted molar refractivity (Wildman–Crippen MR) is 77.8 cm³/mol. The molecule has 0 radical (unpaired) electrons. The van der Waals surface area contributed by atoms with Gasteiger partial charge >= 0.3 is 6.09 Å². The lowest BCUT2D eigenvalue weighted by molar-refractivity contribution is 0.104. The van der Waals surface area contributed by atoms with Gasteiger partial charge in [0.05, 0.1) is 17.7 Å². The molecule has 5 nitrogen and oxygen atoms in total. The lowest BCUT2D eigenvalue weighted by atomic mass is 10.1. The summed E-state index contributed by atoms with van der Waals surface area (Å²) in [6, 6.07) is 6.60. The second-order valence-electron chi connectivity index (χ2n) is 3.89. The number of benzene rings is 1. The van der Waals surface area contributed by atoms with E-state index in [1.807, 2.05) is 0 Å². The molecule has 7 heteroatoms. The van der Waals surface area contributed by atoms with Gasteiger partial charge in [0.25, 0.3) is 0 Å².